The number of hydrogen-bond donors (Lipinski definition) is 1. The van der Waals surface area contributed by atoms with Gasteiger partial charge in [0, 0.05) is 6.07 Å². The number of amides is 1. The monoisotopic (exact) mass is 317 g/mol. The molecule has 2 rings (SSSR count). The molecule has 0 saturated carbocycles. The topological polar surface area (TPSA) is 65.4 Å². The molecule has 6 nitrogen and oxygen atoms in total. The number of carbonyl (C=O) groups excluding carboxylic acids is 1. The van der Waals surface area contributed by atoms with Gasteiger partial charge in [0.05, 0.1) is 18.8 Å². The lowest BCUT2D eigenvalue weighted by Crippen LogP contribution is -2.22. The summed E-state index contributed by atoms with van der Waals surface area (Å²) in [6.07, 6.45) is 2.61. The van der Waals surface area contributed by atoms with Gasteiger partial charge in [0.1, 0.15) is 17.3 Å². The molecular weight excluding hydrogens is 294 g/mol. The minimum absolute atomic E-state index is 0.0559. The summed E-state index contributed by atoms with van der Waals surface area (Å²) >= 11 is 0. The maximum absolute atomic E-state index is 12.0. The van der Waals surface area contributed by atoms with Gasteiger partial charge in [0.25, 0.3) is 5.91 Å². The number of nitrogens with zero attached hydrogens (tertiary/aromatic N) is 2. The third-order valence-electron chi connectivity index (χ3n) is 3.45. The SMILES string of the molecule is CCOc1ccc(OCC(=O)Nc2ccnn2C(C)CC)cc1. The van der Waals surface area contributed by atoms with Gasteiger partial charge in [0.15, 0.2) is 6.61 Å². The number of anilines is 1. The van der Waals surface area contributed by atoms with Crippen LogP contribution in [0.2, 0.25) is 0 Å². The molecule has 124 valence electrons. The molecule has 0 saturated heterocycles. The molecule has 0 aliphatic rings. The fourth-order valence-electron chi connectivity index (χ4n) is 2.06. The second-order valence-electron chi connectivity index (χ2n) is 5.16. The lowest BCUT2D eigenvalue weighted by molar-refractivity contribution is -0.118. The Bertz CT molecular complexity index is 622. The molecule has 1 aromatic heterocycles. The number of nitrogens with one attached hydrogen (secondary N) is 1. The molecule has 6 heteroatoms. The van der Waals surface area contributed by atoms with Crippen molar-refractivity contribution in [2.75, 3.05) is 18.5 Å². The molecule has 0 aliphatic heterocycles. The van der Waals surface area contributed by atoms with E-state index in [4.69, 9.17) is 9.47 Å². The van der Waals surface area contributed by atoms with E-state index in [1.54, 1.807) is 29.1 Å². The van der Waals surface area contributed by atoms with Crippen molar-refractivity contribution in [1.82, 2.24) is 9.78 Å². The average Bonchev–Trinajstić information content (AvgIpc) is 3.02. The second-order valence-corrected chi connectivity index (χ2v) is 5.16. The van der Waals surface area contributed by atoms with Crippen molar-refractivity contribution < 1.29 is 14.3 Å². The van der Waals surface area contributed by atoms with Gasteiger partial charge in [-0.1, -0.05) is 6.92 Å². The first kappa shape index (κ1) is 16.9. The largest absolute Gasteiger partial charge is 0.494 e. The Morgan fingerprint density at radius 1 is 1.17 bits per heavy atom. The van der Waals surface area contributed by atoms with Crippen molar-refractivity contribution >= 4 is 11.7 Å². The van der Waals surface area contributed by atoms with Gasteiger partial charge < -0.3 is 14.8 Å². The molecule has 0 aliphatic carbocycles. The van der Waals surface area contributed by atoms with Crippen LogP contribution in [-0.4, -0.2) is 28.9 Å². The van der Waals surface area contributed by atoms with E-state index >= 15 is 0 Å². The Labute approximate surface area is 136 Å². The third-order valence-corrected chi connectivity index (χ3v) is 3.45. The van der Waals surface area contributed by atoms with Crippen molar-refractivity contribution in [3.8, 4) is 11.5 Å². The summed E-state index contributed by atoms with van der Waals surface area (Å²) < 4.78 is 12.6. The van der Waals surface area contributed by atoms with E-state index in [2.05, 4.69) is 24.3 Å². The van der Waals surface area contributed by atoms with Crippen LogP contribution in [0.5, 0.6) is 11.5 Å². The zero-order chi connectivity index (χ0) is 16.7. The van der Waals surface area contributed by atoms with Gasteiger partial charge >= 0.3 is 0 Å². The third kappa shape index (κ3) is 4.74. The van der Waals surface area contributed by atoms with Crippen LogP contribution in [0.4, 0.5) is 5.82 Å². The lowest BCUT2D eigenvalue weighted by atomic mass is 10.3. The first-order valence-corrected chi connectivity index (χ1v) is 7.83. The predicted octanol–water partition coefficient (Wildman–Crippen LogP) is 3.27. The molecule has 1 unspecified atom stereocenters. The molecular formula is C17H23N3O3. The van der Waals surface area contributed by atoms with Crippen molar-refractivity contribution in [2.45, 2.75) is 33.2 Å². The van der Waals surface area contributed by atoms with E-state index in [1.807, 2.05) is 19.1 Å². The molecule has 1 amide bonds. The van der Waals surface area contributed by atoms with Crippen LogP contribution < -0.4 is 14.8 Å². The van der Waals surface area contributed by atoms with Gasteiger partial charge in [-0.3, -0.25) is 4.79 Å². The summed E-state index contributed by atoms with van der Waals surface area (Å²) in [5.41, 5.74) is 0. The van der Waals surface area contributed by atoms with Gasteiger partial charge in [-0.15, -0.1) is 0 Å². The lowest BCUT2D eigenvalue weighted by Gasteiger charge is -2.14. The van der Waals surface area contributed by atoms with E-state index in [0.717, 1.165) is 12.2 Å². The average molecular weight is 317 g/mol. The van der Waals surface area contributed by atoms with E-state index in [1.165, 1.54) is 0 Å². The maximum Gasteiger partial charge on any atom is 0.263 e. The second kappa shape index (κ2) is 8.22. The molecule has 0 bridgehead atoms. The minimum Gasteiger partial charge on any atom is -0.494 e. The maximum atomic E-state index is 12.0. The van der Waals surface area contributed by atoms with Crippen LogP contribution in [0.1, 0.15) is 33.2 Å². The first-order chi connectivity index (χ1) is 11.1. The first-order valence-electron chi connectivity index (χ1n) is 7.83. The normalized spacial score (nSPS) is 11.8. The quantitative estimate of drug-likeness (QED) is 0.811. The molecule has 1 aromatic carbocycles. The van der Waals surface area contributed by atoms with Crippen molar-refractivity contribution in [3.05, 3.63) is 36.5 Å². The number of aromatic nitrogens is 2. The van der Waals surface area contributed by atoms with Crippen LogP contribution in [0, 0.1) is 0 Å². The highest BCUT2D eigenvalue weighted by Gasteiger charge is 2.11. The van der Waals surface area contributed by atoms with Gasteiger partial charge in [-0.25, -0.2) is 4.68 Å². The molecule has 1 N–H and O–H groups in total. The molecule has 2 aromatic rings. The number of ether oxygens (including phenoxy) is 2. The van der Waals surface area contributed by atoms with E-state index < -0.39 is 0 Å². The zero-order valence-electron chi connectivity index (χ0n) is 13.8. The Morgan fingerprint density at radius 3 is 2.43 bits per heavy atom. The Morgan fingerprint density at radius 2 is 1.83 bits per heavy atom. The van der Waals surface area contributed by atoms with Crippen molar-refractivity contribution in [2.24, 2.45) is 0 Å². The standard InChI is InChI=1S/C17H23N3O3/c1-4-13(3)20-16(10-11-18-20)19-17(21)12-23-15-8-6-14(7-9-15)22-5-2/h6-11,13H,4-5,12H2,1-3H3,(H,19,21). The van der Waals surface area contributed by atoms with Crippen molar-refractivity contribution in [3.63, 3.8) is 0 Å². The van der Waals surface area contributed by atoms with Gasteiger partial charge in [-0.05, 0) is 44.5 Å². The molecule has 23 heavy (non-hydrogen) atoms. The van der Waals surface area contributed by atoms with Crippen LogP contribution >= 0.6 is 0 Å². The van der Waals surface area contributed by atoms with Crippen LogP contribution in [-0.2, 0) is 4.79 Å². The summed E-state index contributed by atoms with van der Waals surface area (Å²) in [5, 5.41) is 7.05. The Balaban J connectivity index is 1.87. The number of carbonyl (C=O) groups is 1. The van der Waals surface area contributed by atoms with E-state index in [9.17, 15) is 4.79 Å². The highest BCUT2D eigenvalue weighted by Crippen LogP contribution is 2.18. The summed E-state index contributed by atoms with van der Waals surface area (Å²) in [6.45, 7) is 6.62. The van der Waals surface area contributed by atoms with Crippen molar-refractivity contribution in [1.29, 1.82) is 0 Å². The molecule has 1 atom stereocenters. The smallest absolute Gasteiger partial charge is 0.263 e. The summed E-state index contributed by atoms with van der Waals surface area (Å²) in [7, 11) is 0. The minimum atomic E-state index is -0.219. The summed E-state index contributed by atoms with van der Waals surface area (Å²) in [5.74, 6) is 1.87. The Hall–Kier alpha value is -2.50. The molecule has 1 heterocycles. The van der Waals surface area contributed by atoms with Crippen LogP contribution in [0.15, 0.2) is 36.5 Å². The van der Waals surface area contributed by atoms with E-state index in [0.29, 0.717) is 18.2 Å². The molecule has 0 spiro atoms. The number of hydrogen-bond acceptors (Lipinski definition) is 4. The number of rotatable bonds is 8. The predicted molar refractivity (Wildman–Crippen MR) is 89.0 cm³/mol. The molecule has 0 radical (unpaired) electrons. The fraction of sp³-hybridized carbons (Fsp3) is 0.412. The summed E-state index contributed by atoms with van der Waals surface area (Å²) in [6, 6.07) is 9.20. The highest BCUT2D eigenvalue weighted by atomic mass is 16.5. The zero-order valence-corrected chi connectivity index (χ0v) is 13.8. The van der Waals surface area contributed by atoms with Crippen LogP contribution in [0.3, 0.4) is 0 Å². The van der Waals surface area contributed by atoms with Gasteiger partial charge in [-0.2, -0.15) is 5.10 Å². The summed E-state index contributed by atoms with van der Waals surface area (Å²) in [4.78, 5) is 12.0. The van der Waals surface area contributed by atoms with E-state index in [-0.39, 0.29) is 18.6 Å². The molecule has 0 fully saturated rings. The highest BCUT2D eigenvalue weighted by molar-refractivity contribution is 5.91. The Kier molecular flexibility index (Phi) is 6.02. The van der Waals surface area contributed by atoms with Gasteiger partial charge in [0.2, 0.25) is 0 Å². The van der Waals surface area contributed by atoms with Crippen LogP contribution in [0.25, 0.3) is 0 Å². The number of benzene rings is 1. The fourth-order valence-corrected chi connectivity index (χ4v) is 2.06.